The molecule has 0 aliphatic carbocycles. The summed E-state index contributed by atoms with van der Waals surface area (Å²) < 4.78 is 10.6. The van der Waals surface area contributed by atoms with E-state index in [0.29, 0.717) is 21.5 Å². The van der Waals surface area contributed by atoms with Crippen LogP contribution in [0.5, 0.6) is 0 Å². The van der Waals surface area contributed by atoms with E-state index < -0.39 is 11.2 Å². The molecule has 1 aliphatic heterocycles. The van der Waals surface area contributed by atoms with Gasteiger partial charge < -0.3 is 19.5 Å². The predicted octanol–water partition coefficient (Wildman–Crippen LogP) is 3.79. The van der Waals surface area contributed by atoms with Crippen molar-refractivity contribution in [3.8, 4) is 11.3 Å². The fraction of sp³-hybridized carbons (Fsp3) is 0.143. The highest BCUT2D eigenvalue weighted by Gasteiger charge is 2.29. The minimum Gasteiger partial charge on any atom is -0.464 e. The van der Waals surface area contributed by atoms with Gasteiger partial charge in [0.15, 0.2) is 0 Å². The lowest BCUT2D eigenvalue weighted by molar-refractivity contribution is -0.146. The summed E-state index contributed by atoms with van der Waals surface area (Å²) in [5, 5.41) is 4.46. The van der Waals surface area contributed by atoms with Crippen LogP contribution in [-0.4, -0.2) is 27.1 Å². The summed E-state index contributed by atoms with van der Waals surface area (Å²) >= 11 is 2.64. The van der Waals surface area contributed by atoms with E-state index in [-0.39, 0.29) is 30.3 Å². The summed E-state index contributed by atoms with van der Waals surface area (Å²) in [5.74, 6) is 0.0437. The summed E-state index contributed by atoms with van der Waals surface area (Å²) in [5.41, 5.74) is 1.08. The lowest BCUT2D eigenvalue weighted by Crippen LogP contribution is -2.31. The van der Waals surface area contributed by atoms with Crippen LogP contribution >= 0.6 is 23.1 Å². The molecule has 0 bridgehead atoms. The summed E-state index contributed by atoms with van der Waals surface area (Å²) in [6.07, 6.45) is 1.46. The van der Waals surface area contributed by atoms with Crippen LogP contribution in [0.15, 0.2) is 62.1 Å². The number of aromatic amines is 1. The van der Waals surface area contributed by atoms with Gasteiger partial charge in [-0.15, -0.1) is 23.1 Å². The number of carbonyl (C=O) groups is 2. The number of thiophene rings is 1. The molecule has 0 spiro atoms. The molecule has 31 heavy (non-hydrogen) atoms. The SMILES string of the molecule is O=C(CC1Sc2ccccc2NC1=O)OCc1nc2scc(-c3ccco3)c2c(=O)[nH]1. The molecule has 5 rings (SSSR count). The van der Waals surface area contributed by atoms with Crippen molar-refractivity contribution in [3.63, 3.8) is 0 Å². The molecule has 0 fully saturated rings. The number of ether oxygens (including phenoxy) is 1. The third kappa shape index (κ3) is 3.87. The molecule has 0 radical (unpaired) electrons. The highest BCUT2D eigenvalue weighted by atomic mass is 32.2. The quantitative estimate of drug-likeness (QED) is 0.442. The molecule has 1 atom stereocenters. The average Bonchev–Trinajstić information content (AvgIpc) is 3.42. The maximum absolute atomic E-state index is 12.6. The van der Waals surface area contributed by atoms with Crippen LogP contribution in [-0.2, 0) is 20.9 Å². The van der Waals surface area contributed by atoms with Gasteiger partial charge in [-0.05, 0) is 24.3 Å². The van der Waals surface area contributed by atoms with Gasteiger partial charge in [0.2, 0.25) is 5.91 Å². The maximum atomic E-state index is 12.6. The summed E-state index contributed by atoms with van der Waals surface area (Å²) in [6, 6.07) is 10.9. The predicted molar refractivity (Wildman–Crippen MR) is 117 cm³/mol. The first-order valence-corrected chi connectivity index (χ1v) is 11.1. The molecule has 1 unspecified atom stereocenters. The van der Waals surface area contributed by atoms with Gasteiger partial charge >= 0.3 is 5.97 Å². The highest BCUT2D eigenvalue weighted by molar-refractivity contribution is 8.01. The number of thioether (sulfide) groups is 1. The standard InChI is InChI=1S/C21H15N3O5S2/c25-17(8-15-19(26)22-12-4-1-2-6-14(12)31-15)29-9-16-23-20(27)18-11(10-30-21(18)24-16)13-5-3-7-28-13/h1-7,10,15H,8-9H2,(H,22,26)(H,23,24,27). The van der Waals surface area contributed by atoms with Gasteiger partial charge in [0.25, 0.3) is 5.56 Å². The van der Waals surface area contributed by atoms with Crippen molar-refractivity contribution in [1.82, 2.24) is 9.97 Å². The zero-order valence-electron chi connectivity index (χ0n) is 15.9. The Bertz CT molecular complexity index is 1340. The van der Waals surface area contributed by atoms with Gasteiger partial charge in [-0.25, -0.2) is 4.98 Å². The van der Waals surface area contributed by atoms with Crippen LogP contribution in [0, 0.1) is 0 Å². The lowest BCUT2D eigenvalue weighted by atomic mass is 10.2. The zero-order chi connectivity index (χ0) is 21.4. The fourth-order valence-corrected chi connectivity index (χ4v) is 5.30. The fourth-order valence-electron chi connectivity index (χ4n) is 3.26. The third-order valence-corrected chi connectivity index (χ3v) is 6.86. The van der Waals surface area contributed by atoms with Gasteiger partial charge in [0, 0.05) is 15.8 Å². The molecule has 1 amide bonds. The van der Waals surface area contributed by atoms with Crippen molar-refractivity contribution >= 4 is 50.9 Å². The monoisotopic (exact) mass is 453 g/mol. The molecule has 4 aromatic rings. The molecular weight excluding hydrogens is 438 g/mol. The Labute approximate surface area is 183 Å². The summed E-state index contributed by atoms with van der Waals surface area (Å²) in [4.78, 5) is 45.6. The Morgan fingerprint density at radius 2 is 2.06 bits per heavy atom. The number of amides is 1. The Morgan fingerprint density at radius 1 is 1.19 bits per heavy atom. The van der Waals surface area contributed by atoms with E-state index in [1.165, 1.54) is 29.4 Å². The summed E-state index contributed by atoms with van der Waals surface area (Å²) in [7, 11) is 0. The van der Waals surface area contributed by atoms with E-state index in [0.717, 1.165) is 10.6 Å². The van der Waals surface area contributed by atoms with Gasteiger partial charge in [-0.1, -0.05) is 12.1 Å². The Kier molecular flexibility index (Phi) is 5.08. The number of fused-ring (bicyclic) bond motifs is 2. The number of H-pyrrole nitrogens is 1. The second-order valence-corrected chi connectivity index (χ2v) is 8.88. The van der Waals surface area contributed by atoms with E-state index >= 15 is 0 Å². The number of nitrogens with zero attached hydrogens (tertiary/aromatic N) is 1. The van der Waals surface area contributed by atoms with Crippen LogP contribution in [0.3, 0.4) is 0 Å². The number of carbonyl (C=O) groups excluding carboxylic acids is 2. The molecule has 10 heteroatoms. The molecule has 3 aromatic heterocycles. The largest absolute Gasteiger partial charge is 0.464 e. The number of anilines is 1. The first kappa shape index (κ1) is 19.6. The molecule has 1 aromatic carbocycles. The number of esters is 1. The van der Waals surface area contributed by atoms with Gasteiger partial charge in [0.05, 0.1) is 29.0 Å². The van der Waals surface area contributed by atoms with E-state index in [2.05, 4.69) is 15.3 Å². The molecule has 2 N–H and O–H groups in total. The number of para-hydroxylation sites is 1. The van der Waals surface area contributed by atoms with Crippen LogP contribution in [0.4, 0.5) is 5.69 Å². The van der Waals surface area contributed by atoms with Gasteiger partial charge in [0.1, 0.15) is 23.0 Å². The number of nitrogens with one attached hydrogen (secondary N) is 2. The Hall–Kier alpha value is -3.37. The van der Waals surface area contributed by atoms with Crippen LogP contribution in [0.2, 0.25) is 0 Å². The van der Waals surface area contributed by atoms with Crippen LogP contribution < -0.4 is 10.9 Å². The van der Waals surface area contributed by atoms with Crippen molar-refractivity contribution in [3.05, 3.63) is 64.2 Å². The molecule has 156 valence electrons. The van der Waals surface area contributed by atoms with Crippen molar-refractivity contribution < 1.29 is 18.7 Å². The molecular formula is C21H15N3O5S2. The molecule has 1 aliphatic rings. The lowest BCUT2D eigenvalue weighted by Gasteiger charge is -2.23. The number of hydrogen-bond donors (Lipinski definition) is 2. The van der Waals surface area contributed by atoms with Crippen LogP contribution in [0.1, 0.15) is 12.2 Å². The second kappa shape index (κ2) is 8.05. The van der Waals surface area contributed by atoms with E-state index in [9.17, 15) is 14.4 Å². The Morgan fingerprint density at radius 3 is 2.90 bits per heavy atom. The number of aromatic nitrogens is 2. The first-order valence-electron chi connectivity index (χ1n) is 9.35. The number of hydrogen-bond acceptors (Lipinski definition) is 8. The van der Waals surface area contributed by atoms with E-state index in [1.54, 1.807) is 17.5 Å². The average molecular weight is 454 g/mol. The minimum atomic E-state index is -0.579. The molecule has 4 heterocycles. The van der Waals surface area contributed by atoms with Crippen molar-refractivity contribution in [2.75, 3.05) is 5.32 Å². The number of furan rings is 1. The minimum absolute atomic E-state index is 0.0844. The summed E-state index contributed by atoms with van der Waals surface area (Å²) in [6.45, 7) is -0.187. The Balaban J connectivity index is 1.26. The smallest absolute Gasteiger partial charge is 0.307 e. The number of rotatable bonds is 5. The van der Waals surface area contributed by atoms with Gasteiger partial charge in [-0.3, -0.25) is 14.4 Å². The van der Waals surface area contributed by atoms with Crippen molar-refractivity contribution in [2.45, 2.75) is 23.2 Å². The first-order chi connectivity index (χ1) is 15.1. The van der Waals surface area contributed by atoms with Crippen molar-refractivity contribution in [1.29, 1.82) is 0 Å². The topological polar surface area (TPSA) is 114 Å². The highest BCUT2D eigenvalue weighted by Crippen LogP contribution is 2.36. The molecule has 0 saturated heterocycles. The molecule has 0 saturated carbocycles. The van der Waals surface area contributed by atoms with Crippen molar-refractivity contribution in [2.24, 2.45) is 0 Å². The third-order valence-electron chi connectivity index (χ3n) is 4.71. The number of benzene rings is 1. The maximum Gasteiger partial charge on any atom is 0.307 e. The van der Waals surface area contributed by atoms with Crippen LogP contribution in [0.25, 0.3) is 21.5 Å². The van der Waals surface area contributed by atoms with E-state index in [4.69, 9.17) is 9.15 Å². The van der Waals surface area contributed by atoms with E-state index in [1.807, 2.05) is 24.3 Å². The van der Waals surface area contributed by atoms with Gasteiger partial charge in [-0.2, -0.15) is 0 Å². The normalized spacial score (nSPS) is 15.5. The molecule has 8 nitrogen and oxygen atoms in total. The zero-order valence-corrected chi connectivity index (χ0v) is 17.5. The second-order valence-electron chi connectivity index (χ2n) is 6.78.